The summed E-state index contributed by atoms with van der Waals surface area (Å²) in [5.74, 6) is 1.86. The summed E-state index contributed by atoms with van der Waals surface area (Å²) in [5, 5.41) is 7.85. The number of nitrogens with zero attached hydrogens (tertiary/aromatic N) is 2. The quantitative estimate of drug-likeness (QED) is 0.807. The Morgan fingerprint density at radius 3 is 2.44 bits per heavy atom. The molecule has 1 aromatic rings. The van der Waals surface area contributed by atoms with Gasteiger partial charge in [0.2, 0.25) is 0 Å². The number of nitrogens with two attached hydrogens (primary N) is 1. The van der Waals surface area contributed by atoms with Crippen molar-refractivity contribution in [1.82, 2.24) is 9.78 Å². The van der Waals surface area contributed by atoms with Gasteiger partial charge in [0.25, 0.3) is 0 Å². The van der Waals surface area contributed by atoms with Gasteiger partial charge in [0.05, 0.1) is 11.4 Å². The summed E-state index contributed by atoms with van der Waals surface area (Å²) in [6, 6.07) is 0.563. The molecule has 0 spiro atoms. The number of aromatic nitrogens is 2. The largest absolute Gasteiger partial charge is 0.394 e. The van der Waals surface area contributed by atoms with Gasteiger partial charge < -0.3 is 11.1 Å². The third kappa shape index (κ3) is 2.15. The van der Waals surface area contributed by atoms with Gasteiger partial charge in [-0.15, -0.1) is 0 Å². The molecule has 90 valence electrons. The summed E-state index contributed by atoms with van der Waals surface area (Å²) >= 11 is 0. The van der Waals surface area contributed by atoms with Crippen molar-refractivity contribution in [3.8, 4) is 0 Å². The molecule has 16 heavy (non-hydrogen) atoms. The summed E-state index contributed by atoms with van der Waals surface area (Å²) in [6.45, 7) is 4.28. The van der Waals surface area contributed by atoms with E-state index in [4.69, 9.17) is 5.73 Å². The fourth-order valence-corrected chi connectivity index (χ4v) is 2.44. The first kappa shape index (κ1) is 11.3. The van der Waals surface area contributed by atoms with Crippen LogP contribution in [-0.4, -0.2) is 15.8 Å². The first-order valence-corrected chi connectivity index (χ1v) is 6.13. The van der Waals surface area contributed by atoms with Gasteiger partial charge in [-0.25, -0.2) is 0 Å². The van der Waals surface area contributed by atoms with Crippen molar-refractivity contribution in [2.75, 3.05) is 11.1 Å². The van der Waals surface area contributed by atoms with Crippen molar-refractivity contribution < 1.29 is 0 Å². The molecule has 1 heterocycles. The molecule has 2 rings (SSSR count). The predicted molar refractivity (Wildman–Crippen MR) is 67.4 cm³/mol. The van der Waals surface area contributed by atoms with Crippen LogP contribution in [0.3, 0.4) is 0 Å². The number of aryl methyl sites for hydroxylation is 2. The molecule has 4 nitrogen and oxygen atoms in total. The minimum atomic E-state index is 0.563. The second-order valence-electron chi connectivity index (χ2n) is 5.07. The first-order valence-electron chi connectivity index (χ1n) is 6.13. The molecule has 0 atom stereocenters. The minimum Gasteiger partial charge on any atom is -0.394 e. The lowest BCUT2D eigenvalue weighted by molar-refractivity contribution is 0.360. The molecular formula is C12H22N4. The van der Waals surface area contributed by atoms with E-state index in [0.717, 1.165) is 23.1 Å². The molecule has 1 aromatic heterocycles. The number of nitrogen functional groups attached to an aromatic ring is 1. The van der Waals surface area contributed by atoms with Crippen LogP contribution in [0.1, 0.15) is 38.3 Å². The average molecular weight is 222 g/mol. The third-order valence-electron chi connectivity index (χ3n) is 3.63. The van der Waals surface area contributed by atoms with Crippen molar-refractivity contribution >= 4 is 11.5 Å². The molecule has 4 heteroatoms. The summed E-state index contributed by atoms with van der Waals surface area (Å²) in [6.07, 6.45) is 5.11. The van der Waals surface area contributed by atoms with Crippen molar-refractivity contribution in [3.63, 3.8) is 0 Å². The summed E-state index contributed by atoms with van der Waals surface area (Å²) in [7, 11) is 1.94. The Balaban J connectivity index is 2.03. The summed E-state index contributed by atoms with van der Waals surface area (Å²) in [5.41, 5.74) is 7.71. The van der Waals surface area contributed by atoms with E-state index < -0.39 is 0 Å². The Hall–Kier alpha value is -1.19. The zero-order valence-electron chi connectivity index (χ0n) is 10.5. The normalized spacial score (nSPS) is 25.7. The van der Waals surface area contributed by atoms with Crippen LogP contribution < -0.4 is 11.1 Å². The van der Waals surface area contributed by atoms with Gasteiger partial charge in [-0.1, -0.05) is 6.92 Å². The molecule has 1 aliphatic rings. The van der Waals surface area contributed by atoms with Gasteiger partial charge in [-0.3, -0.25) is 4.68 Å². The van der Waals surface area contributed by atoms with Crippen LogP contribution in [0.2, 0.25) is 0 Å². The smallest absolute Gasteiger partial charge is 0.147 e. The van der Waals surface area contributed by atoms with Crippen molar-refractivity contribution in [3.05, 3.63) is 5.69 Å². The average Bonchev–Trinajstić information content (AvgIpc) is 2.48. The van der Waals surface area contributed by atoms with E-state index in [1.54, 1.807) is 0 Å². The number of rotatable bonds is 2. The number of anilines is 2. The molecule has 0 aliphatic heterocycles. The monoisotopic (exact) mass is 222 g/mol. The zero-order chi connectivity index (χ0) is 11.7. The highest BCUT2D eigenvalue weighted by Crippen LogP contribution is 2.28. The minimum absolute atomic E-state index is 0.563. The molecule has 0 radical (unpaired) electrons. The maximum Gasteiger partial charge on any atom is 0.147 e. The fraction of sp³-hybridized carbons (Fsp3) is 0.750. The van der Waals surface area contributed by atoms with Crippen LogP contribution in [0.25, 0.3) is 0 Å². The summed E-state index contributed by atoms with van der Waals surface area (Å²) < 4.78 is 1.85. The van der Waals surface area contributed by atoms with Crippen LogP contribution in [0.5, 0.6) is 0 Å². The second-order valence-corrected chi connectivity index (χ2v) is 5.07. The fourth-order valence-electron chi connectivity index (χ4n) is 2.44. The molecule has 0 amide bonds. The molecule has 0 saturated heterocycles. The molecule has 0 aromatic carbocycles. The molecule has 0 unspecified atom stereocenters. The summed E-state index contributed by atoms with van der Waals surface area (Å²) in [4.78, 5) is 0. The van der Waals surface area contributed by atoms with Gasteiger partial charge in [-0.2, -0.15) is 5.10 Å². The Morgan fingerprint density at radius 1 is 1.31 bits per heavy atom. The lowest BCUT2D eigenvalue weighted by Crippen LogP contribution is -2.26. The third-order valence-corrected chi connectivity index (χ3v) is 3.63. The number of hydrogen-bond acceptors (Lipinski definition) is 3. The topological polar surface area (TPSA) is 55.9 Å². The van der Waals surface area contributed by atoms with Crippen molar-refractivity contribution in [2.45, 2.75) is 45.6 Å². The SMILES string of the molecule is Cc1nn(C)c(NC2CCC(C)CC2)c1N. The van der Waals surface area contributed by atoms with E-state index in [0.29, 0.717) is 6.04 Å². The van der Waals surface area contributed by atoms with Crippen LogP contribution in [-0.2, 0) is 7.05 Å². The number of hydrogen-bond donors (Lipinski definition) is 2. The van der Waals surface area contributed by atoms with E-state index in [-0.39, 0.29) is 0 Å². The van der Waals surface area contributed by atoms with Gasteiger partial charge in [-0.05, 0) is 38.5 Å². The lowest BCUT2D eigenvalue weighted by Gasteiger charge is -2.27. The first-order chi connectivity index (χ1) is 7.58. The van der Waals surface area contributed by atoms with Gasteiger partial charge in [0.1, 0.15) is 5.82 Å². The highest BCUT2D eigenvalue weighted by atomic mass is 15.3. The molecule has 1 aliphatic carbocycles. The molecule has 1 fully saturated rings. The number of nitrogens with one attached hydrogen (secondary N) is 1. The van der Waals surface area contributed by atoms with Gasteiger partial charge >= 0.3 is 0 Å². The Labute approximate surface area is 97.2 Å². The van der Waals surface area contributed by atoms with Crippen LogP contribution in [0, 0.1) is 12.8 Å². The second kappa shape index (κ2) is 4.36. The van der Waals surface area contributed by atoms with Crippen molar-refractivity contribution in [1.29, 1.82) is 0 Å². The van der Waals surface area contributed by atoms with E-state index in [2.05, 4.69) is 17.3 Å². The molecule has 3 N–H and O–H groups in total. The Kier molecular flexibility index (Phi) is 3.08. The van der Waals surface area contributed by atoms with Gasteiger partial charge in [0.15, 0.2) is 0 Å². The maximum atomic E-state index is 6.00. The predicted octanol–water partition coefficient (Wildman–Crippen LogP) is 2.30. The van der Waals surface area contributed by atoms with E-state index in [1.807, 2.05) is 18.7 Å². The molecular weight excluding hydrogens is 200 g/mol. The highest BCUT2D eigenvalue weighted by molar-refractivity contribution is 5.64. The lowest BCUT2D eigenvalue weighted by atomic mass is 9.87. The van der Waals surface area contributed by atoms with E-state index in [9.17, 15) is 0 Å². The van der Waals surface area contributed by atoms with Crippen molar-refractivity contribution in [2.24, 2.45) is 13.0 Å². The Bertz CT molecular complexity index is 361. The standard InChI is InChI=1S/C12H22N4/c1-8-4-6-10(7-5-8)14-12-11(13)9(2)15-16(12)3/h8,10,14H,4-7,13H2,1-3H3. The van der Waals surface area contributed by atoms with E-state index >= 15 is 0 Å². The molecule has 0 bridgehead atoms. The molecule has 1 saturated carbocycles. The van der Waals surface area contributed by atoms with Crippen LogP contribution in [0.4, 0.5) is 11.5 Å². The zero-order valence-corrected chi connectivity index (χ0v) is 10.5. The Morgan fingerprint density at radius 2 is 1.94 bits per heavy atom. The van der Waals surface area contributed by atoms with Crippen LogP contribution in [0.15, 0.2) is 0 Å². The van der Waals surface area contributed by atoms with Gasteiger partial charge in [0, 0.05) is 13.1 Å². The highest BCUT2D eigenvalue weighted by Gasteiger charge is 2.20. The van der Waals surface area contributed by atoms with Crippen LogP contribution >= 0.6 is 0 Å². The maximum absolute atomic E-state index is 6.00. The van der Waals surface area contributed by atoms with E-state index in [1.165, 1.54) is 25.7 Å².